The summed E-state index contributed by atoms with van der Waals surface area (Å²) < 4.78 is 49.1. The van der Waals surface area contributed by atoms with Gasteiger partial charge in [0.15, 0.2) is 6.61 Å². The lowest BCUT2D eigenvalue weighted by Gasteiger charge is -2.20. The van der Waals surface area contributed by atoms with E-state index in [0.717, 1.165) is 24.4 Å². The number of hydrogen-bond donors (Lipinski definition) is 0. The molecular formula is C17H20F3N3O2. The van der Waals surface area contributed by atoms with Gasteiger partial charge in [-0.3, -0.25) is 0 Å². The van der Waals surface area contributed by atoms with Crippen LogP contribution in [0, 0.1) is 6.92 Å². The molecule has 136 valence electrons. The predicted octanol–water partition coefficient (Wildman–Crippen LogP) is 3.24. The lowest BCUT2D eigenvalue weighted by atomic mass is 10.1. The zero-order valence-corrected chi connectivity index (χ0v) is 14.4. The van der Waals surface area contributed by atoms with Crippen LogP contribution >= 0.6 is 0 Å². The van der Waals surface area contributed by atoms with Gasteiger partial charge in [-0.1, -0.05) is 0 Å². The zero-order chi connectivity index (χ0) is 18.2. The lowest BCUT2D eigenvalue weighted by molar-refractivity contribution is -0.154. The van der Waals surface area contributed by atoms with Crippen molar-refractivity contribution >= 4 is 5.69 Å². The molecule has 8 heteroatoms. The fourth-order valence-electron chi connectivity index (χ4n) is 3.12. The number of alkyl halides is 3. The van der Waals surface area contributed by atoms with Crippen LogP contribution in [0.25, 0.3) is 0 Å². The van der Waals surface area contributed by atoms with Crippen molar-refractivity contribution in [2.75, 3.05) is 25.2 Å². The molecule has 0 aliphatic carbocycles. The summed E-state index contributed by atoms with van der Waals surface area (Å²) in [6.07, 6.45) is -3.52. The Morgan fingerprint density at radius 3 is 2.72 bits per heavy atom. The van der Waals surface area contributed by atoms with Crippen LogP contribution in [-0.4, -0.2) is 36.2 Å². The van der Waals surface area contributed by atoms with Gasteiger partial charge in [0, 0.05) is 19.3 Å². The summed E-state index contributed by atoms with van der Waals surface area (Å²) in [7, 11) is 3.21. The molecule has 1 aromatic heterocycles. The third-order valence-corrected chi connectivity index (χ3v) is 4.29. The van der Waals surface area contributed by atoms with E-state index >= 15 is 0 Å². The summed E-state index contributed by atoms with van der Waals surface area (Å²) in [5.41, 5.74) is 3.57. The average Bonchev–Trinajstić information content (AvgIpc) is 3.06. The average molecular weight is 355 g/mol. The van der Waals surface area contributed by atoms with Gasteiger partial charge in [-0.05, 0) is 37.1 Å². The van der Waals surface area contributed by atoms with Gasteiger partial charge in [-0.15, -0.1) is 0 Å². The van der Waals surface area contributed by atoms with E-state index < -0.39 is 12.8 Å². The molecule has 0 atom stereocenters. The van der Waals surface area contributed by atoms with E-state index in [2.05, 4.69) is 10.00 Å². The van der Waals surface area contributed by atoms with Crippen molar-refractivity contribution in [2.24, 2.45) is 7.05 Å². The summed E-state index contributed by atoms with van der Waals surface area (Å²) in [5.74, 6) is 0.962. The van der Waals surface area contributed by atoms with Crippen molar-refractivity contribution in [3.05, 3.63) is 35.0 Å². The topological polar surface area (TPSA) is 39.5 Å². The first-order valence-electron chi connectivity index (χ1n) is 7.92. The second-order valence-corrected chi connectivity index (χ2v) is 6.06. The second-order valence-electron chi connectivity index (χ2n) is 6.06. The third kappa shape index (κ3) is 3.67. The van der Waals surface area contributed by atoms with Gasteiger partial charge in [-0.25, -0.2) is 4.68 Å². The molecule has 1 aliphatic rings. The van der Waals surface area contributed by atoms with E-state index in [9.17, 15) is 13.2 Å². The van der Waals surface area contributed by atoms with Crippen LogP contribution in [0.15, 0.2) is 18.2 Å². The van der Waals surface area contributed by atoms with Gasteiger partial charge in [-0.2, -0.15) is 18.3 Å². The molecule has 2 heterocycles. The SMILES string of the molecule is COc1ccc2c(c1)CCN2Cc1c(C)nn(C)c1OCC(F)(F)F. The van der Waals surface area contributed by atoms with Crippen LogP contribution in [0.3, 0.4) is 0 Å². The summed E-state index contributed by atoms with van der Waals surface area (Å²) in [6.45, 7) is 1.69. The number of fused-ring (bicyclic) bond motifs is 1. The molecule has 25 heavy (non-hydrogen) atoms. The van der Waals surface area contributed by atoms with E-state index in [1.54, 1.807) is 21.1 Å². The van der Waals surface area contributed by atoms with E-state index in [0.29, 0.717) is 17.8 Å². The Bertz CT molecular complexity index is 771. The van der Waals surface area contributed by atoms with E-state index in [1.165, 1.54) is 10.2 Å². The third-order valence-electron chi connectivity index (χ3n) is 4.29. The Morgan fingerprint density at radius 1 is 1.28 bits per heavy atom. The number of hydrogen-bond acceptors (Lipinski definition) is 4. The van der Waals surface area contributed by atoms with Crippen LogP contribution < -0.4 is 14.4 Å². The van der Waals surface area contributed by atoms with Gasteiger partial charge in [0.2, 0.25) is 5.88 Å². The summed E-state index contributed by atoms with van der Waals surface area (Å²) in [4.78, 5) is 2.12. The first kappa shape index (κ1) is 17.4. The maximum atomic E-state index is 12.5. The van der Waals surface area contributed by atoms with Crippen LogP contribution in [0.4, 0.5) is 18.9 Å². The predicted molar refractivity (Wildman–Crippen MR) is 87.2 cm³/mol. The molecule has 1 aromatic carbocycles. The summed E-state index contributed by atoms with van der Waals surface area (Å²) in [6, 6.07) is 5.85. The molecule has 0 radical (unpaired) electrons. The Kier molecular flexibility index (Phi) is 4.53. The number of nitrogens with zero attached hydrogens (tertiary/aromatic N) is 3. The van der Waals surface area contributed by atoms with Crippen LogP contribution in [-0.2, 0) is 20.0 Å². The molecule has 0 N–H and O–H groups in total. The maximum Gasteiger partial charge on any atom is 0.422 e. The minimum atomic E-state index is -4.38. The fourth-order valence-corrected chi connectivity index (χ4v) is 3.12. The van der Waals surface area contributed by atoms with Gasteiger partial charge in [0.25, 0.3) is 0 Å². The highest BCUT2D eigenvalue weighted by molar-refractivity contribution is 5.60. The number of aryl methyl sites for hydroxylation is 2. The smallest absolute Gasteiger partial charge is 0.422 e. The molecule has 0 bridgehead atoms. The number of halogens is 3. The molecule has 0 fully saturated rings. The molecular weight excluding hydrogens is 335 g/mol. The Hall–Kier alpha value is -2.38. The molecule has 0 saturated heterocycles. The number of ether oxygens (including phenoxy) is 2. The molecule has 2 aromatic rings. The van der Waals surface area contributed by atoms with E-state index in [1.807, 2.05) is 18.2 Å². The molecule has 5 nitrogen and oxygen atoms in total. The monoisotopic (exact) mass is 355 g/mol. The van der Waals surface area contributed by atoms with Gasteiger partial charge >= 0.3 is 6.18 Å². The largest absolute Gasteiger partial charge is 0.497 e. The van der Waals surface area contributed by atoms with Gasteiger partial charge in [0.05, 0.1) is 24.9 Å². The van der Waals surface area contributed by atoms with Crippen molar-refractivity contribution in [1.29, 1.82) is 0 Å². The van der Waals surface area contributed by atoms with Gasteiger partial charge < -0.3 is 14.4 Å². The van der Waals surface area contributed by atoms with Crippen molar-refractivity contribution in [1.82, 2.24) is 9.78 Å². The quantitative estimate of drug-likeness (QED) is 0.826. The first-order valence-corrected chi connectivity index (χ1v) is 7.92. The molecule has 0 amide bonds. The first-order chi connectivity index (χ1) is 11.8. The Balaban J connectivity index is 1.83. The number of benzene rings is 1. The molecule has 0 saturated carbocycles. The molecule has 1 aliphatic heterocycles. The Morgan fingerprint density at radius 2 is 2.04 bits per heavy atom. The highest BCUT2D eigenvalue weighted by Gasteiger charge is 2.31. The zero-order valence-electron chi connectivity index (χ0n) is 14.4. The van der Waals surface area contributed by atoms with E-state index in [4.69, 9.17) is 9.47 Å². The number of rotatable bonds is 5. The number of anilines is 1. The Labute approximate surface area is 143 Å². The van der Waals surface area contributed by atoms with Crippen molar-refractivity contribution in [3.8, 4) is 11.6 Å². The van der Waals surface area contributed by atoms with Crippen LogP contribution in [0.5, 0.6) is 11.6 Å². The number of aromatic nitrogens is 2. The van der Waals surface area contributed by atoms with Gasteiger partial charge in [0.1, 0.15) is 5.75 Å². The molecule has 0 spiro atoms. The van der Waals surface area contributed by atoms with Crippen molar-refractivity contribution in [2.45, 2.75) is 26.1 Å². The molecule has 3 rings (SSSR count). The summed E-state index contributed by atoms with van der Waals surface area (Å²) >= 11 is 0. The van der Waals surface area contributed by atoms with E-state index in [-0.39, 0.29) is 5.88 Å². The fraction of sp³-hybridized carbons (Fsp3) is 0.471. The standard InChI is InChI=1S/C17H20F3N3O2/c1-11-14(16(22(2)21-11)25-10-17(18,19)20)9-23-7-6-12-8-13(24-3)4-5-15(12)23/h4-5,8H,6-7,9-10H2,1-3H3. The minimum absolute atomic E-state index is 0.164. The summed E-state index contributed by atoms with van der Waals surface area (Å²) in [5, 5.41) is 4.21. The molecule has 0 unspecified atom stereocenters. The number of methoxy groups -OCH3 is 1. The maximum absolute atomic E-state index is 12.5. The second kappa shape index (κ2) is 6.50. The van der Waals surface area contributed by atoms with Crippen LogP contribution in [0.1, 0.15) is 16.8 Å². The highest BCUT2D eigenvalue weighted by atomic mass is 19.4. The lowest BCUT2D eigenvalue weighted by Crippen LogP contribution is -2.23. The highest BCUT2D eigenvalue weighted by Crippen LogP contribution is 2.34. The normalized spacial score (nSPS) is 13.9. The van der Waals surface area contributed by atoms with Crippen molar-refractivity contribution in [3.63, 3.8) is 0 Å². The minimum Gasteiger partial charge on any atom is -0.497 e. The van der Waals surface area contributed by atoms with Crippen LogP contribution in [0.2, 0.25) is 0 Å². The van der Waals surface area contributed by atoms with Crippen molar-refractivity contribution < 1.29 is 22.6 Å².